The summed E-state index contributed by atoms with van der Waals surface area (Å²) in [5.41, 5.74) is 0. The summed E-state index contributed by atoms with van der Waals surface area (Å²) in [7, 11) is 0. The van der Waals surface area contributed by atoms with Gasteiger partial charge in [-0.1, -0.05) is 19.4 Å². The van der Waals surface area contributed by atoms with Crippen LogP contribution in [0.4, 0.5) is 0 Å². The van der Waals surface area contributed by atoms with E-state index in [0.717, 1.165) is 19.6 Å². The molecule has 1 fully saturated rings. The van der Waals surface area contributed by atoms with Crippen molar-refractivity contribution in [2.24, 2.45) is 0 Å². The third kappa shape index (κ3) is 3.04. The number of epoxide rings is 1. The summed E-state index contributed by atoms with van der Waals surface area (Å²) in [5, 5.41) is 0. The molecule has 1 aliphatic heterocycles. The van der Waals surface area contributed by atoms with Crippen LogP contribution in [-0.2, 0) is 9.47 Å². The molecule has 0 aromatic rings. The van der Waals surface area contributed by atoms with E-state index in [-0.39, 0.29) is 6.10 Å². The summed E-state index contributed by atoms with van der Waals surface area (Å²) in [6, 6.07) is 0. The van der Waals surface area contributed by atoms with Gasteiger partial charge in [0.1, 0.15) is 12.2 Å². The Labute approximate surface area is 68.2 Å². The first-order chi connectivity index (χ1) is 5.38. The standard InChI is InChI=1S/C9H16O2/c1-3-5-6-10-8(4-2)9-7-11-9/h4,8-9H,2-3,5-7H2,1H3/t8-,9+/m0/s1. The van der Waals surface area contributed by atoms with Gasteiger partial charge >= 0.3 is 0 Å². The molecule has 2 nitrogen and oxygen atoms in total. The summed E-state index contributed by atoms with van der Waals surface area (Å²) in [6.07, 6.45) is 4.55. The van der Waals surface area contributed by atoms with E-state index in [0.29, 0.717) is 6.10 Å². The normalized spacial score (nSPS) is 24.6. The minimum atomic E-state index is 0.126. The van der Waals surface area contributed by atoms with Crippen LogP contribution < -0.4 is 0 Å². The highest BCUT2D eigenvalue weighted by Crippen LogP contribution is 2.17. The van der Waals surface area contributed by atoms with Crippen LogP contribution in [0.2, 0.25) is 0 Å². The van der Waals surface area contributed by atoms with Crippen molar-refractivity contribution in [3.63, 3.8) is 0 Å². The van der Waals surface area contributed by atoms with Gasteiger partial charge in [-0.05, 0) is 6.42 Å². The number of hydrogen-bond donors (Lipinski definition) is 0. The molecule has 2 heteroatoms. The van der Waals surface area contributed by atoms with Crippen molar-refractivity contribution in [1.82, 2.24) is 0 Å². The summed E-state index contributed by atoms with van der Waals surface area (Å²) in [5.74, 6) is 0. The van der Waals surface area contributed by atoms with Gasteiger partial charge in [0.05, 0.1) is 6.61 Å². The first kappa shape index (κ1) is 8.75. The van der Waals surface area contributed by atoms with Crippen LogP contribution in [0.15, 0.2) is 12.7 Å². The van der Waals surface area contributed by atoms with Crippen LogP contribution in [0, 0.1) is 0 Å². The number of unbranched alkanes of at least 4 members (excludes halogenated alkanes) is 1. The zero-order chi connectivity index (χ0) is 8.10. The van der Waals surface area contributed by atoms with Crippen LogP contribution in [-0.4, -0.2) is 25.4 Å². The van der Waals surface area contributed by atoms with Crippen molar-refractivity contribution < 1.29 is 9.47 Å². The Balaban J connectivity index is 2.05. The topological polar surface area (TPSA) is 21.8 Å². The van der Waals surface area contributed by atoms with E-state index in [1.165, 1.54) is 6.42 Å². The lowest BCUT2D eigenvalue weighted by Gasteiger charge is -2.09. The molecule has 1 rings (SSSR count). The molecule has 0 radical (unpaired) electrons. The van der Waals surface area contributed by atoms with E-state index in [9.17, 15) is 0 Å². The van der Waals surface area contributed by atoms with Gasteiger partial charge in [-0.15, -0.1) is 6.58 Å². The van der Waals surface area contributed by atoms with Gasteiger partial charge in [-0.3, -0.25) is 0 Å². The van der Waals surface area contributed by atoms with Gasteiger partial charge in [0, 0.05) is 6.61 Å². The predicted molar refractivity (Wildman–Crippen MR) is 44.6 cm³/mol. The third-order valence-corrected chi connectivity index (χ3v) is 1.77. The van der Waals surface area contributed by atoms with Crippen LogP contribution in [0.1, 0.15) is 19.8 Å². The van der Waals surface area contributed by atoms with E-state index >= 15 is 0 Å². The largest absolute Gasteiger partial charge is 0.371 e. The lowest BCUT2D eigenvalue weighted by atomic mass is 10.2. The molecule has 0 amide bonds. The van der Waals surface area contributed by atoms with Gasteiger partial charge < -0.3 is 9.47 Å². The van der Waals surface area contributed by atoms with E-state index in [4.69, 9.17) is 9.47 Å². The Morgan fingerprint density at radius 1 is 1.82 bits per heavy atom. The zero-order valence-electron chi connectivity index (χ0n) is 7.08. The molecule has 0 N–H and O–H groups in total. The fourth-order valence-electron chi connectivity index (χ4n) is 0.936. The average molecular weight is 156 g/mol. The van der Waals surface area contributed by atoms with E-state index in [1.807, 2.05) is 6.08 Å². The molecule has 0 bridgehead atoms. The fraction of sp³-hybridized carbons (Fsp3) is 0.778. The first-order valence-corrected chi connectivity index (χ1v) is 4.24. The molecule has 0 saturated carbocycles. The maximum atomic E-state index is 5.51. The first-order valence-electron chi connectivity index (χ1n) is 4.24. The van der Waals surface area contributed by atoms with Gasteiger partial charge in [0.15, 0.2) is 0 Å². The average Bonchev–Trinajstić information content (AvgIpc) is 2.81. The Morgan fingerprint density at radius 3 is 3.00 bits per heavy atom. The summed E-state index contributed by atoms with van der Waals surface area (Å²) in [6.45, 7) is 7.51. The molecule has 2 atom stereocenters. The van der Waals surface area contributed by atoms with Crippen molar-refractivity contribution in [2.75, 3.05) is 13.2 Å². The highest BCUT2D eigenvalue weighted by atomic mass is 16.6. The molecule has 0 aromatic carbocycles. The quantitative estimate of drug-likeness (QED) is 0.332. The molecular weight excluding hydrogens is 140 g/mol. The molecule has 0 unspecified atom stereocenters. The second-order valence-corrected chi connectivity index (χ2v) is 2.80. The monoisotopic (exact) mass is 156 g/mol. The van der Waals surface area contributed by atoms with Crippen molar-refractivity contribution in [1.29, 1.82) is 0 Å². The van der Waals surface area contributed by atoms with Crippen molar-refractivity contribution in [3.8, 4) is 0 Å². The zero-order valence-corrected chi connectivity index (χ0v) is 7.08. The van der Waals surface area contributed by atoms with Crippen molar-refractivity contribution >= 4 is 0 Å². The lowest BCUT2D eigenvalue weighted by molar-refractivity contribution is 0.0630. The summed E-state index contributed by atoms with van der Waals surface area (Å²) >= 11 is 0. The molecule has 64 valence electrons. The molecule has 1 heterocycles. The van der Waals surface area contributed by atoms with E-state index in [1.54, 1.807) is 0 Å². The van der Waals surface area contributed by atoms with Crippen molar-refractivity contribution in [2.45, 2.75) is 32.0 Å². The van der Waals surface area contributed by atoms with Crippen LogP contribution in [0.25, 0.3) is 0 Å². The number of rotatable bonds is 6. The SMILES string of the molecule is C=C[C@H](OCCCC)[C@H]1CO1. The maximum Gasteiger partial charge on any atom is 0.111 e. The lowest BCUT2D eigenvalue weighted by Crippen LogP contribution is -2.17. The van der Waals surface area contributed by atoms with Crippen LogP contribution in [0.5, 0.6) is 0 Å². The highest BCUT2D eigenvalue weighted by Gasteiger charge is 2.31. The van der Waals surface area contributed by atoms with Gasteiger partial charge in [-0.2, -0.15) is 0 Å². The second-order valence-electron chi connectivity index (χ2n) is 2.80. The second kappa shape index (κ2) is 4.52. The molecular formula is C9H16O2. The van der Waals surface area contributed by atoms with Crippen molar-refractivity contribution in [3.05, 3.63) is 12.7 Å². The van der Waals surface area contributed by atoms with Crippen LogP contribution in [0.3, 0.4) is 0 Å². The smallest absolute Gasteiger partial charge is 0.111 e. The number of ether oxygens (including phenoxy) is 2. The van der Waals surface area contributed by atoms with E-state index in [2.05, 4.69) is 13.5 Å². The number of hydrogen-bond acceptors (Lipinski definition) is 2. The predicted octanol–water partition coefficient (Wildman–Crippen LogP) is 1.76. The summed E-state index contributed by atoms with van der Waals surface area (Å²) < 4.78 is 10.6. The van der Waals surface area contributed by atoms with Crippen LogP contribution >= 0.6 is 0 Å². The van der Waals surface area contributed by atoms with E-state index < -0.39 is 0 Å². The molecule has 11 heavy (non-hydrogen) atoms. The minimum absolute atomic E-state index is 0.126. The molecule has 1 saturated heterocycles. The Bertz CT molecular complexity index is 119. The molecule has 0 aliphatic carbocycles. The molecule has 1 aliphatic rings. The minimum Gasteiger partial charge on any atom is -0.371 e. The maximum absolute atomic E-state index is 5.51. The molecule has 0 aromatic heterocycles. The molecule has 0 spiro atoms. The third-order valence-electron chi connectivity index (χ3n) is 1.77. The Hall–Kier alpha value is -0.340. The van der Waals surface area contributed by atoms with Gasteiger partial charge in [0.2, 0.25) is 0 Å². The Kier molecular flexibility index (Phi) is 3.60. The Morgan fingerprint density at radius 2 is 2.55 bits per heavy atom. The fourth-order valence-corrected chi connectivity index (χ4v) is 0.936. The highest BCUT2D eigenvalue weighted by molar-refractivity contribution is 4.92. The van der Waals surface area contributed by atoms with Gasteiger partial charge in [0.25, 0.3) is 0 Å². The summed E-state index contributed by atoms with van der Waals surface area (Å²) in [4.78, 5) is 0. The van der Waals surface area contributed by atoms with Gasteiger partial charge in [-0.25, -0.2) is 0 Å².